The predicted octanol–water partition coefficient (Wildman–Crippen LogP) is 0.583. The van der Waals surface area contributed by atoms with Crippen molar-refractivity contribution in [3.05, 3.63) is 17.7 Å². The predicted molar refractivity (Wildman–Crippen MR) is 73.2 cm³/mol. The molecule has 20 heavy (non-hydrogen) atoms. The van der Waals surface area contributed by atoms with Gasteiger partial charge in [0.25, 0.3) is 0 Å². The van der Waals surface area contributed by atoms with Crippen molar-refractivity contribution in [3.8, 4) is 17.2 Å². The number of hydrogen-bond donors (Lipinski definition) is 1. The first-order valence-electron chi connectivity index (χ1n) is 6.80. The van der Waals surface area contributed by atoms with Crippen molar-refractivity contribution in [2.24, 2.45) is 5.73 Å². The lowest BCUT2D eigenvalue weighted by atomic mass is 10.1. The van der Waals surface area contributed by atoms with Gasteiger partial charge in [-0.15, -0.1) is 0 Å². The SMILES string of the molecule is COc1cc(CN2CCOC(CN)C2)cc2c1OCO2. The van der Waals surface area contributed by atoms with E-state index in [1.807, 2.05) is 12.1 Å². The summed E-state index contributed by atoms with van der Waals surface area (Å²) in [6, 6.07) is 4.01. The van der Waals surface area contributed by atoms with Crippen LogP contribution in [0.1, 0.15) is 5.56 Å². The van der Waals surface area contributed by atoms with Gasteiger partial charge in [-0.3, -0.25) is 4.90 Å². The fourth-order valence-electron chi connectivity index (χ4n) is 2.60. The van der Waals surface area contributed by atoms with Crippen LogP contribution in [-0.4, -0.2) is 51.1 Å². The molecule has 2 N–H and O–H groups in total. The van der Waals surface area contributed by atoms with E-state index in [-0.39, 0.29) is 12.9 Å². The number of hydrogen-bond acceptors (Lipinski definition) is 6. The van der Waals surface area contributed by atoms with Crippen LogP contribution < -0.4 is 19.9 Å². The zero-order valence-corrected chi connectivity index (χ0v) is 11.6. The first kappa shape index (κ1) is 13.5. The van der Waals surface area contributed by atoms with E-state index in [0.717, 1.165) is 43.3 Å². The summed E-state index contributed by atoms with van der Waals surface area (Å²) < 4.78 is 21.8. The zero-order chi connectivity index (χ0) is 13.9. The molecule has 0 bridgehead atoms. The number of benzene rings is 1. The molecule has 2 heterocycles. The molecule has 1 saturated heterocycles. The Morgan fingerprint density at radius 2 is 2.30 bits per heavy atom. The lowest BCUT2D eigenvalue weighted by molar-refractivity contribution is -0.0260. The fraction of sp³-hybridized carbons (Fsp3) is 0.571. The summed E-state index contributed by atoms with van der Waals surface area (Å²) in [7, 11) is 1.64. The molecule has 0 saturated carbocycles. The number of morpholine rings is 1. The van der Waals surface area contributed by atoms with Crippen molar-refractivity contribution >= 4 is 0 Å². The maximum absolute atomic E-state index is 5.67. The lowest BCUT2D eigenvalue weighted by Gasteiger charge is -2.32. The van der Waals surface area contributed by atoms with Crippen LogP contribution >= 0.6 is 0 Å². The van der Waals surface area contributed by atoms with Crippen molar-refractivity contribution in [1.29, 1.82) is 0 Å². The van der Waals surface area contributed by atoms with Crippen LogP contribution in [0, 0.1) is 0 Å². The molecule has 3 rings (SSSR count). The highest BCUT2D eigenvalue weighted by Crippen LogP contribution is 2.42. The highest BCUT2D eigenvalue weighted by Gasteiger charge is 2.23. The third kappa shape index (κ3) is 2.67. The van der Waals surface area contributed by atoms with Crippen LogP contribution in [0.5, 0.6) is 17.2 Å². The standard InChI is InChI=1S/C14H20N2O4/c1-17-12-4-10(5-13-14(12)20-9-19-13)7-16-2-3-18-11(6-15)8-16/h4-5,11H,2-3,6-9,15H2,1H3. The molecule has 1 aromatic rings. The molecule has 6 nitrogen and oxygen atoms in total. The Bertz CT molecular complexity index is 480. The second-order valence-corrected chi connectivity index (χ2v) is 5.00. The molecule has 2 aliphatic heterocycles. The fourth-order valence-corrected chi connectivity index (χ4v) is 2.60. The molecule has 1 atom stereocenters. The van der Waals surface area contributed by atoms with E-state index in [9.17, 15) is 0 Å². The highest BCUT2D eigenvalue weighted by molar-refractivity contribution is 5.55. The van der Waals surface area contributed by atoms with Gasteiger partial charge in [-0.1, -0.05) is 0 Å². The van der Waals surface area contributed by atoms with E-state index in [4.69, 9.17) is 24.7 Å². The minimum absolute atomic E-state index is 0.125. The Morgan fingerprint density at radius 3 is 3.10 bits per heavy atom. The van der Waals surface area contributed by atoms with Crippen LogP contribution in [0.3, 0.4) is 0 Å². The van der Waals surface area contributed by atoms with Gasteiger partial charge >= 0.3 is 0 Å². The summed E-state index contributed by atoms with van der Waals surface area (Å²) in [6.45, 7) is 4.12. The molecular formula is C14H20N2O4. The summed E-state index contributed by atoms with van der Waals surface area (Å²) in [5, 5.41) is 0. The Morgan fingerprint density at radius 1 is 1.40 bits per heavy atom. The maximum atomic E-state index is 5.67. The second kappa shape index (κ2) is 5.87. The normalized spacial score (nSPS) is 22.0. The number of fused-ring (bicyclic) bond motifs is 1. The van der Waals surface area contributed by atoms with Gasteiger partial charge in [0, 0.05) is 26.2 Å². The van der Waals surface area contributed by atoms with E-state index in [1.54, 1.807) is 7.11 Å². The third-order valence-corrected chi connectivity index (χ3v) is 3.61. The molecule has 0 aromatic heterocycles. The largest absolute Gasteiger partial charge is 0.493 e. The first-order valence-corrected chi connectivity index (χ1v) is 6.80. The van der Waals surface area contributed by atoms with Crippen LogP contribution in [0.4, 0.5) is 0 Å². The monoisotopic (exact) mass is 280 g/mol. The Labute approximate surface area is 118 Å². The van der Waals surface area contributed by atoms with Gasteiger partial charge in [0.05, 0.1) is 19.8 Å². The topological polar surface area (TPSA) is 66.2 Å². The van der Waals surface area contributed by atoms with Gasteiger partial charge in [0.1, 0.15) is 0 Å². The molecule has 0 radical (unpaired) electrons. The summed E-state index contributed by atoms with van der Waals surface area (Å²) in [4.78, 5) is 2.33. The van der Waals surface area contributed by atoms with Crippen molar-refractivity contribution < 1.29 is 18.9 Å². The van der Waals surface area contributed by atoms with Gasteiger partial charge in [-0.05, 0) is 17.7 Å². The highest BCUT2D eigenvalue weighted by atomic mass is 16.7. The molecule has 110 valence electrons. The third-order valence-electron chi connectivity index (χ3n) is 3.61. The Kier molecular flexibility index (Phi) is 3.95. The summed E-state index contributed by atoms with van der Waals surface area (Å²) in [6.07, 6.45) is 0.125. The van der Waals surface area contributed by atoms with Gasteiger partial charge in [-0.25, -0.2) is 0 Å². The van der Waals surface area contributed by atoms with Crippen molar-refractivity contribution in [2.45, 2.75) is 12.6 Å². The number of methoxy groups -OCH3 is 1. The van der Waals surface area contributed by atoms with Crippen LogP contribution in [-0.2, 0) is 11.3 Å². The Hall–Kier alpha value is -1.50. The van der Waals surface area contributed by atoms with E-state index in [2.05, 4.69) is 4.90 Å². The lowest BCUT2D eigenvalue weighted by Crippen LogP contribution is -2.45. The van der Waals surface area contributed by atoms with Crippen molar-refractivity contribution in [3.63, 3.8) is 0 Å². The van der Waals surface area contributed by atoms with E-state index < -0.39 is 0 Å². The van der Waals surface area contributed by atoms with E-state index >= 15 is 0 Å². The summed E-state index contributed by atoms with van der Waals surface area (Å²) >= 11 is 0. The van der Waals surface area contributed by atoms with Crippen LogP contribution in [0.15, 0.2) is 12.1 Å². The summed E-state index contributed by atoms with van der Waals surface area (Å²) in [5.41, 5.74) is 6.81. The van der Waals surface area contributed by atoms with Crippen LogP contribution in [0.2, 0.25) is 0 Å². The molecule has 0 amide bonds. The number of rotatable bonds is 4. The van der Waals surface area contributed by atoms with Crippen molar-refractivity contribution in [1.82, 2.24) is 4.90 Å². The molecular weight excluding hydrogens is 260 g/mol. The van der Waals surface area contributed by atoms with Gasteiger partial charge < -0.3 is 24.7 Å². The molecule has 0 spiro atoms. The molecule has 1 aromatic carbocycles. The van der Waals surface area contributed by atoms with Gasteiger partial charge in [0.2, 0.25) is 12.5 Å². The van der Waals surface area contributed by atoms with Crippen molar-refractivity contribution in [2.75, 3.05) is 40.1 Å². The Balaban J connectivity index is 1.74. The van der Waals surface area contributed by atoms with E-state index in [1.165, 1.54) is 0 Å². The molecule has 2 aliphatic rings. The molecule has 0 aliphatic carbocycles. The molecule has 6 heteroatoms. The number of nitrogens with two attached hydrogens (primary N) is 1. The first-order chi connectivity index (χ1) is 9.80. The number of nitrogens with zero attached hydrogens (tertiary/aromatic N) is 1. The average Bonchev–Trinajstić information content (AvgIpc) is 2.95. The molecule has 1 fully saturated rings. The van der Waals surface area contributed by atoms with Gasteiger partial charge in [-0.2, -0.15) is 0 Å². The van der Waals surface area contributed by atoms with Crippen LogP contribution in [0.25, 0.3) is 0 Å². The minimum Gasteiger partial charge on any atom is -0.493 e. The van der Waals surface area contributed by atoms with Gasteiger partial charge in [0.15, 0.2) is 11.5 Å². The molecule has 1 unspecified atom stereocenters. The quantitative estimate of drug-likeness (QED) is 0.870. The second-order valence-electron chi connectivity index (χ2n) is 5.00. The smallest absolute Gasteiger partial charge is 0.231 e. The summed E-state index contributed by atoms with van der Waals surface area (Å²) in [5.74, 6) is 2.17. The minimum atomic E-state index is 0.125. The average molecular weight is 280 g/mol. The zero-order valence-electron chi connectivity index (χ0n) is 11.6. The number of ether oxygens (including phenoxy) is 4. The van der Waals surface area contributed by atoms with E-state index in [0.29, 0.717) is 12.3 Å². The maximum Gasteiger partial charge on any atom is 0.231 e.